The minimum Gasteiger partial charge on any atom is -0.295 e. The number of carbonyl (C=O) groups excluding carboxylic acids is 1. The zero-order chi connectivity index (χ0) is 13.2. The van der Waals surface area contributed by atoms with Crippen LogP contribution in [-0.2, 0) is 4.79 Å². The van der Waals surface area contributed by atoms with Crippen LogP contribution in [0.5, 0.6) is 0 Å². The zero-order valence-corrected chi connectivity index (χ0v) is 11.5. The SMILES string of the molecule is C[C@H]1S[C@@H](c2ccccc2)N(c2ccccc2)C1=O. The van der Waals surface area contributed by atoms with Crippen molar-refractivity contribution in [2.45, 2.75) is 17.5 Å². The number of para-hydroxylation sites is 1. The molecule has 0 radical (unpaired) electrons. The fraction of sp³-hybridized carbons (Fsp3) is 0.188. The molecule has 0 saturated carbocycles. The quantitative estimate of drug-likeness (QED) is 0.825. The molecular formula is C16H15NOS. The summed E-state index contributed by atoms with van der Waals surface area (Å²) in [7, 11) is 0. The molecular weight excluding hydrogens is 254 g/mol. The van der Waals surface area contributed by atoms with E-state index in [0.29, 0.717) is 0 Å². The van der Waals surface area contributed by atoms with Gasteiger partial charge in [0.25, 0.3) is 0 Å². The van der Waals surface area contributed by atoms with Crippen LogP contribution in [0.2, 0.25) is 0 Å². The zero-order valence-electron chi connectivity index (χ0n) is 10.7. The molecule has 1 amide bonds. The summed E-state index contributed by atoms with van der Waals surface area (Å²) in [5.74, 6) is 0.185. The number of nitrogens with zero attached hydrogens (tertiary/aromatic N) is 1. The van der Waals surface area contributed by atoms with Crippen molar-refractivity contribution in [3.8, 4) is 0 Å². The van der Waals surface area contributed by atoms with E-state index in [-0.39, 0.29) is 16.5 Å². The fourth-order valence-corrected chi connectivity index (χ4v) is 3.60. The van der Waals surface area contributed by atoms with E-state index in [2.05, 4.69) is 12.1 Å². The van der Waals surface area contributed by atoms with E-state index < -0.39 is 0 Å². The van der Waals surface area contributed by atoms with E-state index in [4.69, 9.17) is 0 Å². The average Bonchev–Trinajstić information content (AvgIpc) is 2.77. The Morgan fingerprint density at radius 1 is 0.947 bits per heavy atom. The molecule has 1 heterocycles. The van der Waals surface area contributed by atoms with Gasteiger partial charge in [-0.1, -0.05) is 48.5 Å². The van der Waals surface area contributed by atoms with Gasteiger partial charge < -0.3 is 0 Å². The van der Waals surface area contributed by atoms with Gasteiger partial charge in [-0.25, -0.2) is 0 Å². The lowest BCUT2D eigenvalue weighted by Crippen LogP contribution is -2.29. The van der Waals surface area contributed by atoms with Crippen molar-refractivity contribution in [2.24, 2.45) is 0 Å². The van der Waals surface area contributed by atoms with E-state index in [1.165, 1.54) is 5.56 Å². The highest BCUT2D eigenvalue weighted by Gasteiger charge is 2.39. The van der Waals surface area contributed by atoms with Gasteiger partial charge in [0.1, 0.15) is 5.37 Å². The first-order valence-electron chi connectivity index (χ1n) is 6.36. The molecule has 2 nitrogen and oxygen atoms in total. The maximum atomic E-state index is 12.4. The molecule has 96 valence electrons. The number of hydrogen-bond acceptors (Lipinski definition) is 2. The van der Waals surface area contributed by atoms with Gasteiger partial charge in [-0.2, -0.15) is 0 Å². The molecule has 1 aliphatic rings. The Kier molecular flexibility index (Phi) is 3.30. The van der Waals surface area contributed by atoms with Crippen LogP contribution in [0.15, 0.2) is 60.7 Å². The minimum absolute atomic E-state index is 0.00501. The Morgan fingerprint density at radius 3 is 2.16 bits per heavy atom. The Labute approximate surface area is 117 Å². The molecule has 1 saturated heterocycles. The second-order valence-electron chi connectivity index (χ2n) is 4.59. The molecule has 0 unspecified atom stereocenters. The normalized spacial score (nSPS) is 22.8. The lowest BCUT2D eigenvalue weighted by molar-refractivity contribution is -0.117. The highest BCUT2D eigenvalue weighted by molar-refractivity contribution is 8.01. The monoisotopic (exact) mass is 269 g/mol. The number of hydrogen-bond donors (Lipinski definition) is 0. The molecule has 2 atom stereocenters. The minimum atomic E-state index is 0.00501. The Balaban J connectivity index is 2.02. The molecule has 0 aromatic heterocycles. The summed E-state index contributed by atoms with van der Waals surface area (Å²) < 4.78 is 0. The van der Waals surface area contributed by atoms with Gasteiger partial charge in [-0.3, -0.25) is 9.69 Å². The van der Waals surface area contributed by atoms with Crippen LogP contribution >= 0.6 is 11.8 Å². The van der Waals surface area contributed by atoms with Crippen molar-refractivity contribution in [3.63, 3.8) is 0 Å². The Morgan fingerprint density at radius 2 is 1.53 bits per heavy atom. The van der Waals surface area contributed by atoms with Gasteiger partial charge in [0.15, 0.2) is 0 Å². The highest BCUT2D eigenvalue weighted by atomic mass is 32.2. The molecule has 0 aliphatic carbocycles. The molecule has 3 heteroatoms. The Bertz CT molecular complexity index is 570. The van der Waals surface area contributed by atoms with Crippen LogP contribution < -0.4 is 4.90 Å². The molecule has 0 spiro atoms. The predicted molar refractivity (Wildman–Crippen MR) is 80.2 cm³/mol. The number of thioether (sulfide) groups is 1. The molecule has 19 heavy (non-hydrogen) atoms. The summed E-state index contributed by atoms with van der Waals surface area (Å²) >= 11 is 1.71. The topological polar surface area (TPSA) is 20.3 Å². The molecule has 3 rings (SSSR count). The third kappa shape index (κ3) is 2.26. The summed E-state index contributed by atoms with van der Waals surface area (Å²) in [6, 6.07) is 20.1. The van der Waals surface area contributed by atoms with Gasteiger partial charge >= 0.3 is 0 Å². The number of rotatable bonds is 2. The van der Waals surface area contributed by atoms with E-state index >= 15 is 0 Å². The highest BCUT2D eigenvalue weighted by Crippen LogP contribution is 2.45. The van der Waals surface area contributed by atoms with Crippen molar-refractivity contribution in [1.82, 2.24) is 0 Å². The van der Waals surface area contributed by atoms with E-state index in [1.54, 1.807) is 11.8 Å². The van der Waals surface area contributed by atoms with Gasteiger partial charge in [-0.05, 0) is 24.6 Å². The Hall–Kier alpha value is -1.74. The molecule has 1 fully saturated rings. The molecule has 2 aromatic carbocycles. The van der Waals surface area contributed by atoms with Crippen LogP contribution in [-0.4, -0.2) is 11.2 Å². The lowest BCUT2D eigenvalue weighted by Gasteiger charge is -2.24. The van der Waals surface area contributed by atoms with Crippen LogP contribution in [0.3, 0.4) is 0 Å². The first kappa shape index (κ1) is 12.3. The number of amides is 1. The van der Waals surface area contributed by atoms with Crippen molar-refractivity contribution in [2.75, 3.05) is 4.90 Å². The molecule has 2 aromatic rings. The summed E-state index contributed by atoms with van der Waals surface area (Å²) in [6.07, 6.45) is 0. The molecule has 0 bridgehead atoms. The standard InChI is InChI=1S/C16H15NOS/c1-12-15(18)17(14-10-6-3-7-11-14)16(19-12)13-8-4-2-5-9-13/h2-12,16H,1H3/t12-,16+/m1/s1. The van der Waals surface area contributed by atoms with E-state index in [0.717, 1.165) is 5.69 Å². The number of carbonyl (C=O) groups is 1. The third-order valence-electron chi connectivity index (χ3n) is 3.27. The fourth-order valence-electron chi connectivity index (χ4n) is 2.32. The van der Waals surface area contributed by atoms with Gasteiger partial charge in [0, 0.05) is 5.69 Å². The summed E-state index contributed by atoms with van der Waals surface area (Å²) in [5, 5.41) is 0.0801. The summed E-state index contributed by atoms with van der Waals surface area (Å²) in [5.41, 5.74) is 2.15. The number of benzene rings is 2. The third-order valence-corrected chi connectivity index (χ3v) is 4.62. The average molecular weight is 269 g/mol. The summed E-state index contributed by atoms with van der Waals surface area (Å²) in [6.45, 7) is 1.98. The smallest absolute Gasteiger partial charge is 0.241 e. The van der Waals surface area contributed by atoms with Crippen molar-refractivity contribution in [3.05, 3.63) is 66.2 Å². The van der Waals surface area contributed by atoms with Crippen LogP contribution in [0, 0.1) is 0 Å². The largest absolute Gasteiger partial charge is 0.295 e. The lowest BCUT2D eigenvalue weighted by atomic mass is 10.2. The molecule has 0 N–H and O–H groups in total. The second kappa shape index (κ2) is 5.10. The van der Waals surface area contributed by atoms with Crippen molar-refractivity contribution < 1.29 is 4.79 Å². The van der Waals surface area contributed by atoms with Gasteiger partial charge in [0.05, 0.1) is 5.25 Å². The first-order valence-corrected chi connectivity index (χ1v) is 7.30. The first-order chi connectivity index (χ1) is 9.27. The predicted octanol–water partition coefficient (Wildman–Crippen LogP) is 3.85. The van der Waals surface area contributed by atoms with E-state index in [1.807, 2.05) is 60.4 Å². The van der Waals surface area contributed by atoms with Crippen molar-refractivity contribution in [1.29, 1.82) is 0 Å². The number of anilines is 1. The summed E-state index contributed by atoms with van der Waals surface area (Å²) in [4.78, 5) is 14.3. The van der Waals surface area contributed by atoms with Crippen LogP contribution in [0.1, 0.15) is 17.9 Å². The van der Waals surface area contributed by atoms with Crippen LogP contribution in [0.4, 0.5) is 5.69 Å². The van der Waals surface area contributed by atoms with E-state index in [9.17, 15) is 4.79 Å². The van der Waals surface area contributed by atoms with Gasteiger partial charge in [0.2, 0.25) is 5.91 Å². The van der Waals surface area contributed by atoms with Crippen molar-refractivity contribution >= 4 is 23.4 Å². The van der Waals surface area contributed by atoms with Crippen LogP contribution in [0.25, 0.3) is 0 Å². The van der Waals surface area contributed by atoms with Gasteiger partial charge in [-0.15, -0.1) is 11.8 Å². The second-order valence-corrected chi connectivity index (χ2v) is 6.01. The maximum absolute atomic E-state index is 12.4. The maximum Gasteiger partial charge on any atom is 0.241 e. The molecule has 1 aliphatic heterocycles.